The fourth-order valence-corrected chi connectivity index (χ4v) is 4.69. The number of hydrazone groups is 1. The molecule has 1 aromatic heterocycles. The zero-order valence-corrected chi connectivity index (χ0v) is 15.7. The number of nitrogens with zero attached hydrogens (tertiary/aromatic N) is 1. The highest BCUT2D eigenvalue weighted by Gasteiger charge is 2.21. The van der Waals surface area contributed by atoms with Crippen LogP contribution >= 0.6 is 11.3 Å². The highest BCUT2D eigenvalue weighted by Crippen LogP contribution is 2.32. The molecule has 1 aromatic rings. The maximum absolute atomic E-state index is 12.4. The number of unbranched alkanes of at least 4 members (excludes halogenated alkanes) is 2. The predicted octanol–water partition coefficient (Wildman–Crippen LogP) is 5.26. The Morgan fingerprint density at radius 3 is 3.08 bits per heavy atom. The van der Waals surface area contributed by atoms with Gasteiger partial charge in [-0.3, -0.25) is 4.79 Å². The summed E-state index contributed by atoms with van der Waals surface area (Å²) < 4.78 is 0. The van der Waals surface area contributed by atoms with E-state index in [1.54, 1.807) is 11.3 Å². The highest BCUT2D eigenvalue weighted by molar-refractivity contribution is 7.14. The second kappa shape index (κ2) is 8.11. The third-order valence-electron chi connectivity index (χ3n) is 5.04. The Morgan fingerprint density at radius 1 is 1.38 bits per heavy atom. The van der Waals surface area contributed by atoms with E-state index < -0.39 is 0 Å². The van der Waals surface area contributed by atoms with Crippen LogP contribution in [0.25, 0.3) is 0 Å². The van der Waals surface area contributed by atoms with E-state index in [1.807, 2.05) is 0 Å². The van der Waals surface area contributed by atoms with Gasteiger partial charge in [-0.15, -0.1) is 11.3 Å². The summed E-state index contributed by atoms with van der Waals surface area (Å²) in [6.45, 7) is 4.51. The van der Waals surface area contributed by atoms with Gasteiger partial charge in [0.2, 0.25) is 0 Å². The van der Waals surface area contributed by atoms with Crippen LogP contribution in [-0.2, 0) is 12.8 Å². The molecule has 0 saturated carbocycles. The number of hydrogen-bond acceptors (Lipinski definition) is 3. The predicted molar refractivity (Wildman–Crippen MR) is 102 cm³/mol. The van der Waals surface area contributed by atoms with E-state index in [0.717, 1.165) is 48.6 Å². The average molecular weight is 345 g/mol. The van der Waals surface area contributed by atoms with Gasteiger partial charge < -0.3 is 0 Å². The van der Waals surface area contributed by atoms with E-state index in [4.69, 9.17) is 0 Å². The minimum atomic E-state index is -0.0469. The van der Waals surface area contributed by atoms with Crippen molar-refractivity contribution in [2.24, 2.45) is 11.0 Å². The molecule has 1 N–H and O–H groups in total. The molecular weight excluding hydrogens is 316 g/mol. The first-order valence-corrected chi connectivity index (χ1v) is 10.2. The summed E-state index contributed by atoms with van der Waals surface area (Å²) >= 11 is 1.65. The normalized spacial score (nSPS) is 21.7. The molecule has 4 heteroatoms. The zero-order chi connectivity index (χ0) is 16.9. The lowest BCUT2D eigenvalue weighted by molar-refractivity contribution is 0.0958. The standard InChI is InChI=1S/C20H28N2OS/c1-3-4-5-7-15-8-6-9-17(15)21-22-20(23)19-13-16-12-14(2)10-11-18(16)24-19/h8,13-14H,3-7,9-12H2,1-2H3,(H,22,23)/b21-17-. The van der Waals surface area contributed by atoms with Crippen LogP contribution in [0.4, 0.5) is 0 Å². The van der Waals surface area contributed by atoms with Crippen molar-refractivity contribution in [1.82, 2.24) is 5.43 Å². The van der Waals surface area contributed by atoms with Crippen molar-refractivity contribution in [3.63, 3.8) is 0 Å². The highest BCUT2D eigenvalue weighted by atomic mass is 32.1. The SMILES string of the molecule is CCCCCC1=CCC/C1=N/NC(=O)c1cc2c(s1)CCC(C)C2. The summed E-state index contributed by atoms with van der Waals surface area (Å²) in [5.41, 5.74) is 6.59. The summed E-state index contributed by atoms with van der Waals surface area (Å²) in [5.74, 6) is 0.687. The number of amides is 1. The van der Waals surface area contributed by atoms with Crippen LogP contribution in [0.2, 0.25) is 0 Å². The average Bonchev–Trinajstić information content (AvgIpc) is 3.19. The number of aryl methyl sites for hydroxylation is 1. The number of hydrogen-bond donors (Lipinski definition) is 1. The minimum Gasteiger partial charge on any atom is -0.266 e. The van der Waals surface area contributed by atoms with Crippen molar-refractivity contribution in [3.8, 4) is 0 Å². The van der Waals surface area contributed by atoms with E-state index in [2.05, 4.69) is 36.5 Å². The van der Waals surface area contributed by atoms with E-state index in [0.29, 0.717) is 0 Å². The fourth-order valence-electron chi connectivity index (χ4n) is 3.59. The second-order valence-corrected chi connectivity index (χ2v) is 8.27. The van der Waals surface area contributed by atoms with Crippen molar-refractivity contribution in [2.75, 3.05) is 0 Å². The first-order valence-electron chi connectivity index (χ1n) is 9.35. The number of thiophene rings is 1. The molecule has 3 nitrogen and oxygen atoms in total. The van der Waals surface area contributed by atoms with E-state index >= 15 is 0 Å². The van der Waals surface area contributed by atoms with Gasteiger partial charge in [-0.05, 0) is 68.1 Å². The van der Waals surface area contributed by atoms with Crippen molar-refractivity contribution in [2.45, 2.75) is 71.6 Å². The van der Waals surface area contributed by atoms with Gasteiger partial charge in [0.15, 0.2) is 0 Å². The van der Waals surface area contributed by atoms with Gasteiger partial charge in [-0.25, -0.2) is 5.43 Å². The number of fused-ring (bicyclic) bond motifs is 1. The molecule has 0 fully saturated rings. The zero-order valence-electron chi connectivity index (χ0n) is 14.9. The quantitative estimate of drug-likeness (QED) is 0.555. The maximum atomic E-state index is 12.4. The Kier molecular flexibility index (Phi) is 5.88. The molecule has 2 aliphatic carbocycles. The molecule has 1 heterocycles. The molecule has 24 heavy (non-hydrogen) atoms. The molecule has 3 rings (SSSR count). The Hall–Kier alpha value is -1.42. The van der Waals surface area contributed by atoms with Crippen LogP contribution in [0.5, 0.6) is 0 Å². The van der Waals surface area contributed by atoms with Crippen molar-refractivity contribution in [1.29, 1.82) is 0 Å². The van der Waals surface area contributed by atoms with Crippen LogP contribution in [-0.4, -0.2) is 11.6 Å². The van der Waals surface area contributed by atoms with Crippen LogP contribution in [0.3, 0.4) is 0 Å². The summed E-state index contributed by atoms with van der Waals surface area (Å²) in [7, 11) is 0. The largest absolute Gasteiger partial charge is 0.281 e. The van der Waals surface area contributed by atoms with Gasteiger partial charge in [-0.1, -0.05) is 32.8 Å². The number of carbonyl (C=O) groups excluding carboxylic acids is 1. The van der Waals surface area contributed by atoms with Crippen molar-refractivity contribution >= 4 is 23.0 Å². The van der Waals surface area contributed by atoms with Gasteiger partial charge in [0.1, 0.15) is 0 Å². The lowest BCUT2D eigenvalue weighted by Crippen LogP contribution is -2.18. The van der Waals surface area contributed by atoms with E-state index in [1.165, 1.54) is 41.7 Å². The van der Waals surface area contributed by atoms with Gasteiger partial charge in [0.05, 0.1) is 10.6 Å². The Bertz CT molecular complexity index is 657. The van der Waals surface area contributed by atoms with Crippen LogP contribution in [0.15, 0.2) is 22.8 Å². The fraction of sp³-hybridized carbons (Fsp3) is 0.600. The molecule has 1 amide bonds. The molecule has 0 saturated heterocycles. The lowest BCUT2D eigenvalue weighted by Gasteiger charge is -2.16. The van der Waals surface area contributed by atoms with E-state index in [-0.39, 0.29) is 5.91 Å². The molecule has 130 valence electrons. The van der Waals surface area contributed by atoms with E-state index in [9.17, 15) is 4.79 Å². The number of rotatable bonds is 6. The molecule has 0 bridgehead atoms. The van der Waals surface area contributed by atoms with Gasteiger partial charge in [0.25, 0.3) is 5.91 Å². The smallest absolute Gasteiger partial charge is 0.266 e. The Morgan fingerprint density at radius 2 is 2.25 bits per heavy atom. The molecular formula is C20H28N2OS. The summed E-state index contributed by atoms with van der Waals surface area (Å²) in [6.07, 6.45) is 12.6. The molecule has 0 aromatic carbocycles. The first kappa shape index (κ1) is 17.4. The van der Waals surface area contributed by atoms with Crippen LogP contribution < -0.4 is 5.43 Å². The summed E-state index contributed by atoms with van der Waals surface area (Å²) in [6, 6.07) is 2.08. The van der Waals surface area contributed by atoms with Gasteiger partial charge in [0, 0.05) is 4.88 Å². The van der Waals surface area contributed by atoms with Crippen molar-refractivity contribution < 1.29 is 4.79 Å². The number of carbonyl (C=O) groups is 1. The molecule has 2 aliphatic rings. The Labute approximate surface area is 149 Å². The molecule has 1 unspecified atom stereocenters. The monoisotopic (exact) mass is 344 g/mol. The third kappa shape index (κ3) is 4.15. The van der Waals surface area contributed by atoms with Crippen LogP contribution in [0.1, 0.15) is 78.9 Å². The number of nitrogens with one attached hydrogen (secondary N) is 1. The maximum Gasteiger partial charge on any atom is 0.281 e. The Balaban J connectivity index is 1.60. The molecule has 0 spiro atoms. The minimum absolute atomic E-state index is 0.0469. The molecule has 0 aliphatic heterocycles. The van der Waals surface area contributed by atoms with Crippen LogP contribution in [0, 0.1) is 5.92 Å². The lowest BCUT2D eigenvalue weighted by atomic mass is 9.90. The number of allylic oxidation sites excluding steroid dienone is 2. The summed E-state index contributed by atoms with van der Waals surface area (Å²) in [4.78, 5) is 14.6. The topological polar surface area (TPSA) is 41.5 Å². The first-order chi connectivity index (χ1) is 11.7. The van der Waals surface area contributed by atoms with Gasteiger partial charge >= 0.3 is 0 Å². The van der Waals surface area contributed by atoms with Gasteiger partial charge in [-0.2, -0.15) is 5.10 Å². The van der Waals surface area contributed by atoms with Crippen molar-refractivity contribution in [3.05, 3.63) is 33.0 Å². The molecule has 1 atom stereocenters. The molecule has 0 radical (unpaired) electrons. The third-order valence-corrected chi connectivity index (χ3v) is 6.27. The summed E-state index contributed by atoms with van der Waals surface area (Å²) in [5, 5.41) is 4.44. The second-order valence-electron chi connectivity index (χ2n) is 7.13.